The Balaban J connectivity index is 2.43. The highest BCUT2D eigenvalue weighted by molar-refractivity contribution is 5.82. The highest BCUT2D eigenvalue weighted by Crippen LogP contribution is 2.26. The van der Waals surface area contributed by atoms with Gasteiger partial charge in [0.25, 0.3) is 0 Å². The molecule has 112 valence electrons. The molecule has 20 heavy (non-hydrogen) atoms. The molecule has 5 heteroatoms. The van der Waals surface area contributed by atoms with Crippen LogP contribution in [0.3, 0.4) is 0 Å². The van der Waals surface area contributed by atoms with Gasteiger partial charge in [0.1, 0.15) is 6.61 Å². The largest absolute Gasteiger partial charge is 0.481 e. The van der Waals surface area contributed by atoms with Gasteiger partial charge in [0, 0.05) is 0 Å². The maximum Gasteiger partial charge on any atom is 0.311 e. The van der Waals surface area contributed by atoms with E-state index in [-0.39, 0.29) is 12.7 Å². The fourth-order valence-electron chi connectivity index (χ4n) is 1.99. The normalized spacial score (nSPS) is 23.1. The van der Waals surface area contributed by atoms with E-state index in [1.807, 2.05) is 6.92 Å². The third kappa shape index (κ3) is 5.17. The van der Waals surface area contributed by atoms with E-state index in [1.165, 1.54) is 0 Å². The fourth-order valence-corrected chi connectivity index (χ4v) is 1.99. The first-order chi connectivity index (χ1) is 9.41. The van der Waals surface area contributed by atoms with E-state index >= 15 is 0 Å². The van der Waals surface area contributed by atoms with E-state index in [0.29, 0.717) is 19.4 Å². The third-order valence-corrected chi connectivity index (χ3v) is 3.08. The van der Waals surface area contributed by atoms with Crippen molar-refractivity contribution in [2.45, 2.75) is 32.8 Å². The molecule has 1 rings (SSSR count). The summed E-state index contributed by atoms with van der Waals surface area (Å²) in [6, 6.07) is 0. The summed E-state index contributed by atoms with van der Waals surface area (Å²) in [6.45, 7) is 7.91. The molecule has 0 amide bonds. The number of esters is 1. The average Bonchev–Trinajstić information content (AvgIpc) is 2.42. The van der Waals surface area contributed by atoms with Crippen molar-refractivity contribution in [3.63, 3.8) is 0 Å². The molecule has 3 unspecified atom stereocenters. The van der Waals surface area contributed by atoms with Crippen molar-refractivity contribution in [3.05, 3.63) is 24.3 Å². The molecule has 0 radical (unpaired) electrons. The maximum absolute atomic E-state index is 12.0. The summed E-state index contributed by atoms with van der Waals surface area (Å²) >= 11 is 0. The highest BCUT2D eigenvalue weighted by Gasteiger charge is 2.34. The molecule has 0 aromatic carbocycles. The summed E-state index contributed by atoms with van der Waals surface area (Å²) in [5.41, 5.74) is 0.895. The van der Waals surface area contributed by atoms with Gasteiger partial charge in [-0.05, 0) is 26.7 Å². The summed E-state index contributed by atoms with van der Waals surface area (Å²) < 4.78 is 10.6. The molecule has 1 N–H and O–H groups in total. The first-order valence-corrected chi connectivity index (χ1v) is 6.74. The van der Waals surface area contributed by atoms with Crippen molar-refractivity contribution in [1.82, 2.24) is 0 Å². The minimum atomic E-state index is -0.991. The molecule has 0 bridgehead atoms. The van der Waals surface area contributed by atoms with Crippen LogP contribution < -0.4 is 0 Å². The summed E-state index contributed by atoms with van der Waals surface area (Å²) in [6.07, 6.45) is 4.33. The Morgan fingerprint density at radius 1 is 1.50 bits per heavy atom. The molecule has 0 heterocycles. The predicted octanol–water partition coefficient (Wildman–Crippen LogP) is 2.18. The van der Waals surface area contributed by atoms with Crippen LogP contribution in [0.15, 0.2) is 24.3 Å². The van der Waals surface area contributed by atoms with Crippen LogP contribution in [0.25, 0.3) is 0 Å². The zero-order valence-electron chi connectivity index (χ0n) is 12.0. The lowest BCUT2D eigenvalue weighted by molar-refractivity contribution is -0.159. The number of carboxylic acid groups (broad SMARTS) is 1. The minimum absolute atomic E-state index is 0.124. The second kappa shape index (κ2) is 7.85. The standard InChI is InChI=1S/C15H22O5/c1-10(2)8-19-11(3)9-20-15(18)13-7-5-4-6-12(13)14(16)17/h4,6,11-13H,1,5,7-9H2,2-3H3,(H,16,17). The van der Waals surface area contributed by atoms with Crippen LogP contribution in [0.1, 0.15) is 26.7 Å². The number of allylic oxidation sites excluding steroid dienone is 1. The molecule has 5 nitrogen and oxygen atoms in total. The Morgan fingerprint density at radius 2 is 2.20 bits per heavy atom. The van der Waals surface area contributed by atoms with Gasteiger partial charge in [-0.3, -0.25) is 9.59 Å². The van der Waals surface area contributed by atoms with E-state index in [2.05, 4.69) is 6.58 Å². The molecular formula is C15H22O5. The van der Waals surface area contributed by atoms with Gasteiger partial charge >= 0.3 is 11.9 Å². The van der Waals surface area contributed by atoms with Gasteiger partial charge in [0.15, 0.2) is 0 Å². The smallest absolute Gasteiger partial charge is 0.311 e. The van der Waals surface area contributed by atoms with Crippen molar-refractivity contribution in [2.75, 3.05) is 13.2 Å². The summed E-state index contributed by atoms with van der Waals surface area (Å²) in [7, 11) is 0. The van der Waals surface area contributed by atoms with Crippen LogP contribution in [-0.4, -0.2) is 36.4 Å². The zero-order valence-corrected chi connectivity index (χ0v) is 12.0. The third-order valence-electron chi connectivity index (χ3n) is 3.08. The lowest BCUT2D eigenvalue weighted by Gasteiger charge is -2.23. The first kappa shape index (κ1) is 16.4. The van der Waals surface area contributed by atoms with Crippen molar-refractivity contribution in [1.29, 1.82) is 0 Å². The Labute approximate surface area is 119 Å². The zero-order chi connectivity index (χ0) is 15.1. The van der Waals surface area contributed by atoms with Crippen molar-refractivity contribution in [2.24, 2.45) is 11.8 Å². The Bertz CT molecular complexity index is 399. The van der Waals surface area contributed by atoms with Gasteiger partial charge in [-0.2, -0.15) is 0 Å². The molecule has 1 aliphatic rings. The van der Waals surface area contributed by atoms with E-state index < -0.39 is 23.8 Å². The van der Waals surface area contributed by atoms with E-state index in [9.17, 15) is 9.59 Å². The van der Waals surface area contributed by atoms with Gasteiger partial charge in [0.05, 0.1) is 24.5 Å². The monoisotopic (exact) mass is 282 g/mol. The lowest BCUT2D eigenvalue weighted by atomic mass is 9.84. The van der Waals surface area contributed by atoms with Gasteiger partial charge in [-0.15, -0.1) is 0 Å². The molecule has 0 fully saturated rings. The number of carbonyl (C=O) groups excluding carboxylic acids is 1. The molecule has 0 aliphatic heterocycles. The van der Waals surface area contributed by atoms with E-state index in [4.69, 9.17) is 14.6 Å². The second-order valence-corrected chi connectivity index (χ2v) is 5.18. The summed E-state index contributed by atoms with van der Waals surface area (Å²) in [5, 5.41) is 9.09. The number of carboxylic acids is 1. The molecule has 0 aromatic rings. The fraction of sp³-hybridized carbons (Fsp3) is 0.600. The van der Waals surface area contributed by atoms with Gasteiger partial charge in [-0.25, -0.2) is 0 Å². The van der Waals surface area contributed by atoms with Gasteiger partial charge < -0.3 is 14.6 Å². The van der Waals surface area contributed by atoms with Crippen LogP contribution in [0.5, 0.6) is 0 Å². The molecule has 0 saturated heterocycles. The van der Waals surface area contributed by atoms with Crippen LogP contribution in [0, 0.1) is 11.8 Å². The van der Waals surface area contributed by atoms with E-state index in [0.717, 1.165) is 5.57 Å². The minimum Gasteiger partial charge on any atom is -0.481 e. The number of aliphatic carboxylic acids is 1. The number of carbonyl (C=O) groups is 2. The lowest BCUT2D eigenvalue weighted by Crippen LogP contribution is -2.33. The number of ether oxygens (including phenoxy) is 2. The maximum atomic E-state index is 12.0. The molecule has 3 atom stereocenters. The molecule has 0 aromatic heterocycles. The second-order valence-electron chi connectivity index (χ2n) is 5.18. The number of hydrogen-bond acceptors (Lipinski definition) is 4. The topological polar surface area (TPSA) is 72.8 Å². The summed E-state index contributed by atoms with van der Waals surface area (Å²) in [5.74, 6) is -2.85. The van der Waals surface area contributed by atoms with Gasteiger partial charge in [0.2, 0.25) is 0 Å². The van der Waals surface area contributed by atoms with Crippen molar-refractivity contribution >= 4 is 11.9 Å². The van der Waals surface area contributed by atoms with Crippen LogP contribution in [0.4, 0.5) is 0 Å². The molecule has 0 saturated carbocycles. The Kier molecular flexibility index (Phi) is 6.45. The van der Waals surface area contributed by atoms with Crippen LogP contribution in [0.2, 0.25) is 0 Å². The van der Waals surface area contributed by atoms with Gasteiger partial charge in [-0.1, -0.05) is 24.3 Å². The Morgan fingerprint density at radius 3 is 2.80 bits per heavy atom. The number of hydrogen-bond donors (Lipinski definition) is 1. The number of rotatable bonds is 7. The highest BCUT2D eigenvalue weighted by atomic mass is 16.6. The van der Waals surface area contributed by atoms with Crippen LogP contribution in [-0.2, 0) is 19.1 Å². The van der Waals surface area contributed by atoms with Crippen LogP contribution >= 0.6 is 0 Å². The molecule has 1 aliphatic carbocycles. The van der Waals surface area contributed by atoms with Crippen molar-refractivity contribution in [3.8, 4) is 0 Å². The summed E-state index contributed by atoms with van der Waals surface area (Å²) in [4.78, 5) is 23.1. The predicted molar refractivity (Wildman–Crippen MR) is 74.2 cm³/mol. The first-order valence-electron chi connectivity index (χ1n) is 6.74. The average molecular weight is 282 g/mol. The Hall–Kier alpha value is -1.62. The molecular weight excluding hydrogens is 260 g/mol. The quantitative estimate of drug-likeness (QED) is 0.572. The van der Waals surface area contributed by atoms with E-state index in [1.54, 1.807) is 19.1 Å². The molecule has 0 spiro atoms. The van der Waals surface area contributed by atoms with Crippen molar-refractivity contribution < 1.29 is 24.2 Å². The SMILES string of the molecule is C=C(C)COC(C)COC(=O)C1CCC=CC1C(=O)O.